The van der Waals surface area contributed by atoms with Crippen LogP contribution >= 0.6 is 11.3 Å². The third-order valence-corrected chi connectivity index (χ3v) is 6.32. The van der Waals surface area contributed by atoms with Crippen LogP contribution in [0.3, 0.4) is 0 Å². The van der Waals surface area contributed by atoms with Crippen molar-refractivity contribution in [2.24, 2.45) is 23.0 Å². The van der Waals surface area contributed by atoms with Crippen LogP contribution in [0.25, 0.3) is 0 Å². The van der Waals surface area contributed by atoms with Gasteiger partial charge in [0.2, 0.25) is 0 Å². The lowest BCUT2D eigenvalue weighted by molar-refractivity contribution is 0.186. The first-order valence-corrected chi connectivity index (χ1v) is 8.64. The first kappa shape index (κ1) is 15.8. The monoisotopic (exact) mass is 322 g/mol. The molecule has 23 heavy (non-hydrogen) atoms. The molecule has 116 valence electrons. The molecule has 1 fully saturated rings. The van der Waals surface area contributed by atoms with Crippen LogP contribution in [0, 0.1) is 58.2 Å². The van der Waals surface area contributed by atoms with Gasteiger partial charge in [-0.2, -0.15) is 15.8 Å². The fourth-order valence-corrected chi connectivity index (χ4v) is 5.27. The van der Waals surface area contributed by atoms with E-state index in [4.69, 9.17) is 5.73 Å². The molecule has 1 aromatic rings. The van der Waals surface area contributed by atoms with Gasteiger partial charge in [0.15, 0.2) is 5.41 Å². The number of nitrogens with zero attached hydrogens (tertiary/aromatic N) is 3. The van der Waals surface area contributed by atoms with E-state index in [0.29, 0.717) is 0 Å². The van der Waals surface area contributed by atoms with Crippen molar-refractivity contribution in [3.63, 3.8) is 0 Å². The molecule has 3 rings (SSSR count). The van der Waals surface area contributed by atoms with Crippen molar-refractivity contribution < 1.29 is 0 Å². The fraction of sp³-hybridized carbons (Fsp3) is 0.500. The van der Waals surface area contributed by atoms with Crippen LogP contribution in [0.1, 0.15) is 34.9 Å². The van der Waals surface area contributed by atoms with E-state index in [1.165, 1.54) is 0 Å². The van der Waals surface area contributed by atoms with Gasteiger partial charge in [-0.05, 0) is 44.2 Å². The summed E-state index contributed by atoms with van der Waals surface area (Å²) < 4.78 is 0. The van der Waals surface area contributed by atoms with Crippen molar-refractivity contribution >= 4 is 11.3 Å². The molecule has 4 atom stereocenters. The molecule has 0 unspecified atom stereocenters. The van der Waals surface area contributed by atoms with Crippen LogP contribution in [0.5, 0.6) is 0 Å². The highest BCUT2D eigenvalue weighted by molar-refractivity contribution is 7.12. The number of fused-ring (bicyclic) bond motifs is 1. The quantitative estimate of drug-likeness (QED) is 0.801. The lowest BCUT2D eigenvalue weighted by Crippen LogP contribution is -2.55. The number of thiophene rings is 1. The summed E-state index contributed by atoms with van der Waals surface area (Å²) in [5.41, 5.74) is 6.02. The molecule has 4 nitrogen and oxygen atoms in total. The molecule has 0 amide bonds. The molecule has 2 aliphatic rings. The van der Waals surface area contributed by atoms with Crippen molar-refractivity contribution in [3.8, 4) is 18.2 Å². The molecule has 1 aromatic heterocycles. The van der Waals surface area contributed by atoms with E-state index in [9.17, 15) is 15.8 Å². The normalized spacial score (nSPS) is 31.9. The second-order valence-corrected chi connectivity index (χ2v) is 7.71. The van der Waals surface area contributed by atoms with Crippen LogP contribution in [-0.2, 0) is 0 Å². The topological polar surface area (TPSA) is 97.4 Å². The van der Waals surface area contributed by atoms with E-state index in [0.717, 1.165) is 34.6 Å². The third-order valence-electron chi connectivity index (χ3n) is 5.24. The summed E-state index contributed by atoms with van der Waals surface area (Å²) >= 11 is 1.63. The SMILES string of the molecule is Cc1ccc([C@H]2[C@@H]3CCCC=C3[C@H](C#N)[C@H](N)C2(C#N)C#N)s1. The first-order valence-electron chi connectivity index (χ1n) is 7.83. The summed E-state index contributed by atoms with van der Waals surface area (Å²) in [7, 11) is 0. The average Bonchev–Trinajstić information content (AvgIpc) is 3.00. The molecule has 0 radical (unpaired) electrons. The highest BCUT2D eigenvalue weighted by atomic mass is 32.1. The van der Waals surface area contributed by atoms with E-state index in [-0.39, 0.29) is 11.8 Å². The van der Waals surface area contributed by atoms with Crippen LogP contribution < -0.4 is 5.73 Å². The Balaban J connectivity index is 2.23. The van der Waals surface area contributed by atoms with E-state index >= 15 is 0 Å². The Kier molecular flexibility index (Phi) is 3.99. The Morgan fingerprint density at radius 2 is 2.00 bits per heavy atom. The van der Waals surface area contributed by atoms with E-state index < -0.39 is 17.4 Å². The molecule has 0 aromatic carbocycles. The number of hydrogen-bond donors (Lipinski definition) is 1. The van der Waals surface area contributed by atoms with Gasteiger partial charge in [-0.1, -0.05) is 11.6 Å². The summed E-state index contributed by atoms with van der Waals surface area (Å²) in [6, 6.07) is 9.94. The summed E-state index contributed by atoms with van der Waals surface area (Å²) in [6.07, 6.45) is 4.99. The molecule has 2 aliphatic carbocycles. The summed E-state index contributed by atoms with van der Waals surface area (Å²) in [6.45, 7) is 2.02. The predicted octanol–water partition coefficient (Wildman–Crippen LogP) is 3.38. The Morgan fingerprint density at radius 1 is 1.26 bits per heavy atom. The predicted molar refractivity (Wildman–Crippen MR) is 88.0 cm³/mol. The van der Waals surface area contributed by atoms with Gasteiger partial charge < -0.3 is 5.73 Å². The molecule has 5 heteroatoms. The maximum atomic E-state index is 9.88. The summed E-state index contributed by atoms with van der Waals surface area (Å²) in [5, 5.41) is 29.4. The smallest absolute Gasteiger partial charge is 0.168 e. The second kappa shape index (κ2) is 5.82. The number of aryl methyl sites for hydroxylation is 1. The van der Waals surface area contributed by atoms with Crippen molar-refractivity contribution in [2.75, 3.05) is 0 Å². The minimum absolute atomic E-state index is 0.0607. The zero-order chi connectivity index (χ0) is 16.6. The van der Waals surface area contributed by atoms with Crippen molar-refractivity contribution in [1.29, 1.82) is 15.8 Å². The zero-order valence-corrected chi connectivity index (χ0v) is 13.8. The third kappa shape index (κ3) is 2.19. The summed E-state index contributed by atoms with van der Waals surface area (Å²) in [5.74, 6) is -0.732. The largest absolute Gasteiger partial charge is 0.324 e. The van der Waals surface area contributed by atoms with Gasteiger partial charge in [0.25, 0.3) is 0 Å². The zero-order valence-electron chi connectivity index (χ0n) is 13.0. The molecule has 0 spiro atoms. The Hall–Kier alpha value is -2.13. The second-order valence-electron chi connectivity index (χ2n) is 6.39. The maximum Gasteiger partial charge on any atom is 0.168 e. The van der Waals surface area contributed by atoms with Crippen LogP contribution in [0.4, 0.5) is 0 Å². The van der Waals surface area contributed by atoms with Gasteiger partial charge in [-0.3, -0.25) is 0 Å². The van der Waals surface area contributed by atoms with Crippen molar-refractivity contribution in [2.45, 2.75) is 38.1 Å². The van der Waals surface area contributed by atoms with Crippen LogP contribution in [-0.4, -0.2) is 6.04 Å². The van der Waals surface area contributed by atoms with Crippen molar-refractivity contribution in [3.05, 3.63) is 33.5 Å². The molecular formula is C18H18N4S. The number of nitrogens with two attached hydrogens (primary N) is 1. The standard InChI is InChI=1S/C18H18N4S/c1-11-6-7-15(23-11)16-13-5-3-2-4-12(13)14(8-19)17(22)18(16,9-20)10-21/h4,6-7,13-14,16-17H,2-3,5,22H2,1H3/t13-,14+,16-,17+/m1/s1. The molecule has 0 bridgehead atoms. The minimum atomic E-state index is -1.35. The Morgan fingerprint density at radius 3 is 2.57 bits per heavy atom. The lowest BCUT2D eigenvalue weighted by atomic mass is 9.53. The van der Waals surface area contributed by atoms with Gasteiger partial charge in [-0.15, -0.1) is 11.3 Å². The molecule has 1 saturated carbocycles. The average molecular weight is 322 g/mol. The number of allylic oxidation sites excluding steroid dienone is 1. The lowest BCUT2D eigenvalue weighted by Gasteiger charge is -2.48. The molecule has 2 N–H and O–H groups in total. The highest BCUT2D eigenvalue weighted by Gasteiger charge is 2.58. The van der Waals surface area contributed by atoms with Gasteiger partial charge in [0, 0.05) is 15.7 Å². The molecular weight excluding hydrogens is 304 g/mol. The van der Waals surface area contributed by atoms with E-state index in [1.807, 2.05) is 19.1 Å². The highest BCUT2D eigenvalue weighted by Crippen LogP contribution is 2.57. The van der Waals surface area contributed by atoms with Gasteiger partial charge >= 0.3 is 0 Å². The Labute approximate surface area is 140 Å². The van der Waals surface area contributed by atoms with E-state index in [2.05, 4.69) is 24.3 Å². The maximum absolute atomic E-state index is 9.88. The van der Waals surface area contributed by atoms with Crippen LogP contribution in [0.15, 0.2) is 23.8 Å². The molecule has 1 heterocycles. The van der Waals surface area contributed by atoms with Gasteiger partial charge in [0.05, 0.1) is 30.2 Å². The van der Waals surface area contributed by atoms with Gasteiger partial charge in [0.1, 0.15) is 0 Å². The Bertz CT molecular complexity index is 756. The molecule has 0 aliphatic heterocycles. The van der Waals surface area contributed by atoms with Crippen molar-refractivity contribution in [1.82, 2.24) is 0 Å². The fourth-order valence-electron chi connectivity index (χ4n) is 4.15. The minimum Gasteiger partial charge on any atom is -0.324 e. The first-order chi connectivity index (χ1) is 11.1. The number of rotatable bonds is 1. The number of hydrogen-bond acceptors (Lipinski definition) is 5. The van der Waals surface area contributed by atoms with Gasteiger partial charge in [-0.25, -0.2) is 0 Å². The van der Waals surface area contributed by atoms with E-state index in [1.54, 1.807) is 11.3 Å². The number of nitriles is 3. The van der Waals surface area contributed by atoms with Crippen LogP contribution in [0.2, 0.25) is 0 Å². The summed E-state index contributed by atoms with van der Waals surface area (Å²) in [4.78, 5) is 2.19. The molecule has 0 saturated heterocycles.